The van der Waals surface area contributed by atoms with Crippen LogP contribution in [0.4, 0.5) is 5.69 Å². The van der Waals surface area contributed by atoms with Crippen LogP contribution in [0.1, 0.15) is 6.42 Å². The first-order valence-corrected chi connectivity index (χ1v) is 7.79. The first-order chi connectivity index (χ1) is 10.7. The Hall–Kier alpha value is -2.42. The van der Waals surface area contributed by atoms with E-state index in [9.17, 15) is 9.59 Å². The van der Waals surface area contributed by atoms with Crippen LogP contribution in [0, 0.1) is 23.7 Å². The summed E-state index contributed by atoms with van der Waals surface area (Å²) >= 11 is 0. The molecule has 2 fully saturated rings. The van der Waals surface area contributed by atoms with Crippen molar-refractivity contribution in [2.24, 2.45) is 23.7 Å². The highest BCUT2D eigenvalue weighted by Gasteiger charge is 2.59. The summed E-state index contributed by atoms with van der Waals surface area (Å²) in [5.41, 5.74) is 0.711. The number of hydrogen-bond acceptors (Lipinski definition) is 2. The highest BCUT2D eigenvalue weighted by molar-refractivity contribution is 6.23. The first-order valence-electron chi connectivity index (χ1n) is 7.79. The van der Waals surface area contributed by atoms with Crippen LogP contribution in [0.5, 0.6) is 0 Å². The Labute approximate surface area is 128 Å². The molecule has 3 nitrogen and oxygen atoms in total. The van der Waals surface area contributed by atoms with Crippen molar-refractivity contribution in [3.63, 3.8) is 0 Å². The molecule has 1 heterocycles. The van der Waals surface area contributed by atoms with E-state index in [0.29, 0.717) is 5.69 Å². The molecule has 1 saturated heterocycles. The quantitative estimate of drug-likeness (QED) is 0.597. The number of allylic oxidation sites excluding steroid dienone is 2. The minimum atomic E-state index is -0.131. The van der Waals surface area contributed by atoms with Gasteiger partial charge >= 0.3 is 0 Å². The summed E-state index contributed by atoms with van der Waals surface area (Å²) in [6.45, 7) is 0. The molecular weight excluding hydrogens is 274 g/mol. The molecular formula is C19H15NO2. The zero-order valence-corrected chi connectivity index (χ0v) is 12.0. The number of fused-ring (bicyclic) bond motifs is 6. The molecule has 1 saturated carbocycles. The maximum absolute atomic E-state index is 12.8. The van der Waals surface area contributed by atoms with E-state index in [1.54, 1.807) is 0 Å². The number of anilines is 1. The molecule has 2 amide bonds. The van der Waals surface area contributed by atoms with Gasteiger partial charge in [-0.25, -0.2) is 4.90 Å². The van der Waals surface area contributed by atoms with Crippen molar-refractivity contribution in [3.8, 4) is 0 Å². The van der Waals surface area contributed by atoms with Gasteiger partial charge in [0, 0.05) is 0 Å². The molecule has 1 aliphatic heterocycles. The Balaban J connectivity index is 1.60. The number of nitrogens with zero attached hydrogens (tertiary/aromatic N) is 1. The molecule has 0 spiro atoms. The maximum Gasteiger partial charge on any atom is 0.238 e. The van der Waals surface area contributed by atoms with Crippen LogP contribution >= 0.6 is 0 Å². The highest BCUT2D eigenvalue weighted by Crippen LogP contribution is 2.53. The van der Waals surface area contributed by atoms with Gasteiger partial charge in [0.05, 0.1) is 17.5 Å². The second-order valence-corrected chi connectivity index (χ2v) is 6.54. The molecule has 2 aromatic carbocycles. The fourth-order valence-corrected chi connectivity index (χ4v) is 4.47. The SMILES string of the molecule is O=C1[C@@H]2[C@@H](C(=O)N1c1ccc3ccccc3c1)[C@@H]1C=C[C@@H]2C1. The third-order valence-corrected chi connectivity index (χ3v) is 5.46. The van der Waals surface area contributed by atoms with Crippen molar-refractivity contribution in [3.05, 3.63) is 54.6 Å². The van der Waals surface area contributed by atoms with E-state index in [-0.39, 0.29) is 35.5 Å². The predicted molar refractivity (Wildman–Crippen MR) is 84.2 cm³/mol. The Morgan fingerprint density at radius 3 is 2.14 bits per heavy atom. The van der Waals surface area contributed by atoms with Crippen molar-refractivity contribution in [2.45, 2.75) is 6.42 Å². The molecule has 3 aliphatic rings. The number of carbonyl (C=O) groups is 2. The van der Waals surface area contributed by atoms with Gasteiger partial charge in [0.25, 0.3) is 0 Å². The lowest BCUT2D eigenvalue weighted by Gasteiger charge is -2.17. The molecule has 0 aromatic heterocycles. The van der Waals surface area contributed by atoms with Gasteiger partial charge in [-0.05, 0) is 41.2 Å². The van der Waals surface area contributed by atoms with E-state index in [1.807, 2.05) is 42.5 Å². The number of benzene rings is 2. The standard InChI is InChI=1S/C19H15NO2/c21-18-16-13-5-6-14(9-13)17(16)19(22)20(18)15-8-7-11-3-1-2-4-12(11)10-15/h1-8,10,13-14,16-17H,9H2/t13-,14-,16+,17+/m1/s1. The molecule has 0 unspecified atom stereocenters. The lowest BCUT2D eigenvalue weighted by atomic mass is 9.85. The third kappa shape index (κ3) is 1.41. The Bertz CT molecular complexity index is 823. The van der Waals surface area contributed by atoms with Crippen LogP contribution in [0.15, 0.2) is 54.6 Å². The third-order valence-electron chi connectivity index (χ3n) is 5.46. The minimum absolute atomic E-state index is 0.0119. The molecule has 4 atom stereocenters. The topological polar surface area (TPSA) is 37.4 Å². The molecule has 22 heavy (non-hydrogen) atoms. The normalized spacial score (nSPS) is 32.3. The zero-order valence-electron chi connectivity index (χ0n) is 12.0. The van der Waals surface area contributed by atoms with E-state index in [1.165, 1.54) is 4.90 Å². The van der Waals surface area contributed by atoms with Gasteiger partial charge in [0.1, 0.15) is 0 Å². The molecule has 2 aliphatic carbocycles. The Morgan fingerprint density at radius 2 is 1.45 bits per heavy atom. The second kappa shape index (κ2) is 4.07. The fourth-order valence-electron chi connectivity index (χ4n) is 4.47. The van der Waals surface area contributed by atoms with E-state index in [2.05, 4.69) is 12.2 Å². The lowest BCUT2D eigenvalue weighted by Crippen LogP contribution is -2.32. The van der Waals surface area contributed by atoms with Crippen molar-refractivity contribution >= 4 is 28.3 Å². The summed E-state index contributed by atoms with van der Waals surface area (Å²) in [7, 11) is 0. The van der Waals surface area contributed by atoms with E-state index >= 15 is 0 Å². The molecule has 108 valence electrons. The Morgan fingerprint density at radius 1 is 0.818 bits per heavy atom. The summed E-state index contributed by atoms with van der Waals surface area (Å²) in [4.78, 5) is 27.0. The summed E-state index contributed by atoms with van der Waals surface area (Å²) in [6.07, 6.45) is 5.22. The number of rotatable bonds is 1. The van der Waals surface area contributed by atoms with Crippen LogP contribution in [0.25, 0.3) is 10.8 Å². The predicted octanol–water partition coefficient (Wildman–Crippen LogP) is 3.15. The zero-order chi connectivity index (χ0) is 14.8. The average molecular weight is 289 g/mol. The van der Waals surface area contributed by atoms with Gasteiger partial charge in [-0.3, -0.25) is 9.59 Å². The summed E-state index contributed by atoms with van der Waals surface area (Å²) in [6, 6.07) is 13.8. The number of carbonyl (C=O) groups excluding carboxylic acids is 2. The summed E-state index contributed by atoms with van der Waals surface area (Å²) < 4.78 is 0. The van der Waals surface area contributed by atoms with Crippen LogP contribution < -0.4 is 4.90 Å². The first kappa shape index (κ1) is 12.2. The number of hydrogen-bond donors (Lipinski definition) is 0. The average Bonchev–Trinajstić information content (AvgIpc) is 3.21. The van der Waals surface area contributed by atoms with Gasteiger partial charge in [-0.2, -0.15) is 0 Å². The van der Waals surface area contributed by atoms with E-state index < -0.39 is 0 Å². The van der Waals surface area contributed by atoms with Gasteiger partial charge in [0.15, 0.2) is 0 Å². The van der Waals surface area contributed by atoms with Gasteiger partial charge in [0.2, 0.25) is 11.8 Å². The molecule has 3 heteroatoms. The largest absolute Gasteiger partial charge is 0.274 e. The van der Waals surface area contributed by atoms with Gasteiger partial charge in [-0.15, -0.1) is 0 Å². The maximum atomic E-state index is 12.8. The second-order valence-electron chi connectivity index (χ2n) is 6.54. The minimum Gasteiger partial charge on any atom is -0.274 e. The smallest absolute Gasteiger partial charge is 0.238 e. The monoisotopic (exact) mass is 289 g/mol. The van der Waals surface area contributed by atoms with Crippen LogP contribution in [0.2, 0.25) is 0 Å². The van der Waals surface area contributed by atoms with Crippen molar-refractivity contribution < 1.29 is 9.59 Å². The van der Waals surface area contributed by atoms with E-state index in [4.69, 9.17) is 0 Å². The molecule has 0 radical (unpaired) electrons. The van der Waals surface area contributed by atoms with Crippen LogP contribution in [0.3, 0.4) is 0 Å². The Kier molecular flexibility index (Phi) is 2.25. The lowest BCUT2D eigenvalue weighted by molar-refractivity contribution is -0.123. The van der Waals surface area contributed by atoms with Crippen LogP contribution in [-0.2, 0) is 9.59 Å². The highest BCUT2D eigenvalue weighted by atomic mass is 16.2. The van der Waals surface area contributed by atoms with Crippen molar-refractivity contribution in [1.82, 2.24) is 0 Å². The fraction of sp³-hybridized carbons (Fsp3) is 0.263. The van der Waals surface area contributed by atoms with Gasteiger partial charge < -0.3 is 0 Å². The number of amides is 2. The molecule has 2 bridgehead atoms. The van der Waals surface area contributed by atoms with Crippen LogP contribution in [-0.4, -0.2) is 11.8 Å². The number of imide groups is 1. The molecule has 2 aromatic rings. The van der Waals surface area contributed by atoms with E-state index in [0.717, 1.165) is 17.2 Å². The molecule has 0 N–H and O–H groups in total. The van der Waals surface area contributed by atoms with Crippen molar-refractivity contribution in [2.75, 3.05) is 4.90 Å². The molecule has 5 rings (SSSR count). The summed E-state index contributed by atoms with van der Waals surface area (Å²) in [5, 5.41) is 2.17. The van der Waals surface area contributed by atoms with Crippen molar-refractivity contribution in [1.29, 1.82) is 0 Å². The van der Waals surface area contributed by atoms with Gasteiger partial charge in [-0.1, -0.05) is 42.5 Å². The summed E-state index contributed by atoms with van der Waals surface area (Å²) in [5.74, 6) is 0.237.